The minimum absolute atomic E-state index is 0.0981. The molecule has 0 spiro atoms. The third-order valence-electron chi connectivity index (χ3n) is 6.34. The van der Waals surface area contributed by atoms with E-state index in [0.29, 0.717) is 25.3 Å². The SMILES string of the molecule is N#CC1CC=C(c2cccn3ncc(-c4ccc(CN5CCOCC5)c(F)c4)c23)CC1. The molecule has 5 nitrogen and oxygen atoms in total. The van der Waals surface area contributed by atoms with Crippen LogP contribution in [-0.4, -0.2) is 40.8 Å². The molecule has 1 aliphatic carbocycles. The maximum Gasteiger partial charge on any atom is 0.128 e. The Morgan fingerprint density at radius 2 is 2.06 bits per heavy atom. The number of nitriles is 1. The monoisotopic (exact) mass is 416 g/mol. The molecule has 31 heavy (non-hydrogen) atoms. The molecule has 1 aromatic carbocycles. The minimum atomic E-state index is -0.186. The van der Waals surface area contributed by atoms with Crippen molar-refractivity contribution in [2.45, 2.75) is 25.8 Å². The largest absolute Gasteiger partial charge is 0.379 e. The Labute approximate surface area is 181 Å². The van der Waals surface area contributed by atoms with Gasteiger partial charge in [0.25, 0.3) is 0 Å². The van der Waals surface area contributed by atoms with Gasteiger partial charge in [-0.15, -0.1) is 0 Å². The van der Waals surface area contributed by atoms with Crippen molar-refractivity contribution in [2.75, 3.05) is 26.3 Å². The molecule has 1 saturated heterocycles. The standard InChI is InChI=1S/C25H25FN4O/c26-24-14-20(7-8-21(24)17-29-10-12-31-13-11-29)23-16-28-30-9-1-2-22(25(23)30)19-5-3-18(15-27)4-6-19/h1-2,5,7-9,14,16,18H,3-4,6,10-13,17H2. The quantitative estimate of drug-likeness (QED) is 0.620. The number of hydrogen-bond acceptors (Lipinski definition) is 4. The Morgan fingerprint density at radius 1 is 1.19 bits per heavy atom. The van der Waals surface area contributed by atoms with E-state index in [4.69, 9.17) is 4.74 Å². The Kier molecular flexibility index (Phi) is 5.54. The van der Waals surface area contributed by atoms with Crippen LogP contribution in [0.5, 0.6) is 0 Å². The fraction of sp³-hybridized carbons (Fsp3) is 0.360. The van der Waals surface area contributed by atoms with Crippen molar-refractivity contribution in [3.63, 3.8) is 0 Å². The molecule has 0 amide bonds. The van der Waals surface area contributed by atoms with Crippen molar-refractivity contribution in [2.24, 2.45) is 5.92 Å². The summed E-state index contributed by atoms with van der Waals surface area (Å²) in [6, 6.07) is 12.0. The van der Waals surface area contributed by atoms with E-state index in [0.717, 1.165) is 54.6 Å². The molecule has 3 aromatic rings. The molecule has 1 unspecified atom stereocenters. The first kappa shape index (κ1) is 19.9. The van der Waals surface area contributed by atoms with E-state index in [9.17, 15) is 5.26 Å². The second-order valence-corrected chi connectivity index (χ2v) is 8.30. The number of nitrogens with zero attached hydrogens (tertiary/aromatic N) is 4. The lowest BCUT2D eigenvalue weighted by Gasteiger charge is -2.26. The molecular formula is C25H25FN4O. The maximum absolute atomic E-state index is 15.0. The van der Waals surface area contributed by atoms with Crippen LogP contribution in [0.2, 0.25) is 0 Å². The number of halogens is 1. The van der Waals surface area contributed by atoms with Gasteiger partial charge < -0.3 is 4.74 Å². The Balaban J connectivity index is 1.49. The van der Waals surface area contributed by atoms with E-state index in [2.05, 4.69) is 28.2 Å². The van der Waals surface area contributed by atoms with Crippen LogP contribution < -0.4 is 0 Å². The third kappa shape index (κ3) is 3.99. The van der Waals surface area contributed by atoms with Crippen LogP contribution in [-0.2, 0) is 11.3 Å². The summed E-state index contributed by atoms with van der Waals surface area (Å²) in [6.07, 6.45) is 8.44. The van der Waals surface area contributed by atoms with Crippen molar-refractivity contribution >= 4 is 11.1 Å². The van der Waals surface area contributed by atoms with Crippen LogP contribution >= 0.6 is 0 Å². The van der Waals surface area contributed by atoms with Gasteiger partial charge in [0.2, 0.25) is 0 Å². The molecule has 0 bridgehead atoms. The van der Waals surface area contributed by atoms with E-state index in [1.165, 1.54) is 5.57 Å². The van der Waals surface area contributed by atoms with Gasteiger partial charge >= 0.3 is 0 Å². The summed E-state index contributed by atoms with van der Waals surface area (Å²) in [5.74, 6) is -0.0875. The zero-order valence-electron chi connectivity index (χ0n) is 17.4. The highest BCUT2D eigenvalue weighted by molar-refractivity contribution is 5.90. The molecule has 0 radical (unpaired) electrons. The van der Waals surface area contributed by atoms with E-state index in [1.807, 2.05) is 35.1 Å². The fourth-order valence-electron chi connectivity index (χ4n) is 4.55. The van der Waals surface area contributed by atoms with Crippen LogP contribution in [0.1, 0.15) is 30.4 Å². The molecule has 1 atom stereocenters. The first-order valence-electron chi connectivity index (χ1n) is 10.9. The van der Waals surface area contributed by atoms with Crippen molar-refractivity contribution < 1.29 is 9.13 Å². The van der Waals surface area contributed by atoms with E-state index in [-0.39, 0.29) is 11.7 Å². The molecule has 0 saturated carbocycles. The summed E-state index contributed by atoms with van der Waals surface area (Å²) >= 11 is 0. The number of allylic oxidation sites excluding steroid dienone is 2. The summed E-state index contributed by atoms with van der Waals surface area (Å²) in [5.41, 5.74) is 5.81. The third-order valence-corrected chi connectivity index (χ3v) is 6.34. The van der Waals surface area contributed by atoms with Gasteiger partial charge in [0.1, 0.15) is 5.82 Å². The van der Waals surface area contributed by atoms with Crippen molar-refractivity contribution in [3.05, 3.63) is 65.7 Å². The van der Waals surface area contributed by atoms with E-state index in [1.54, 1.807) is 6.07 Å². The van der Waals surface area contributed by atoms with Gasteiger partial charge in [-0.25, -0.2) is 8.91 Å². The van der Waals surface area contributed by atoms with Crippen LogP contribution in [0.25, 0.3) is 22.2 Å². The highest BCUT2D eigenvalue weighted by Crippen LogP contribution is 2.36. The number of pyridine rings is 1. The summed E-state index contributed by atoms with van der Waals surface area (Å²) in [4.78, 5) is 2.22. The van der Waals surface area contributed by atoms with Gasteiger partial charge in [-0.1, -0.05) is 24.3 Å². The molecule has 158 valence electrons. The predicted molar refractivity (Wildman–Crippen MR) is 118 cm³/mol. The molecule has 3 heterocycles. The van der Waals surface area contributed by atoms with Crippen molar-refractivity contribution in [1.82, 2.24) is 14.5 Å². The van der Waals surface area contributed by atoms with Gasteiger partial charge in [0, 0.05) is 42.5 Å². The predicted octanol–water partition coefficient (Wildman–Crippen LogP) is 4.68. The van der Waals surface area contributed by atoms with E-state index >= 15 is 4.39 Å². The fourth-order valence-corrected chi connectivity index (χ4v) is 4.55. The van der Waals surface area contributed by atoms with Crippen molar-refractivity contribution in [3.8, 4) is 17.2 Å². The van der Waals surface area contributed by atoms with Crippen molar-refractivity contribution in [1.29, 1.82) is 5.26 Å². The lowest BCUT2D eigenvalue weighted by molar-refractivity contribution is 0.0337. The van der Waals surface area contributed by atoms with Gasteiger partial charge in [0.05, 0.1) is 36.9 Å². The Hall–Kier alpha value is -3.01. The smallest absolute Gasteiger partial charge is 0.128 e. The number of rotatable bonds is 4. The molecule has 2 aromatic heterocycles. The topological polar surface area (TPSA) is 53.6 Å². The molecular weight excluding hydrogens is 391 g/mol. The summed E-state index contributed by atoms with van der Waals surface area (Å²) < 4.78 is 22.3. The number of fused-ring (bicyclic) bond motifs is 1. The number of benzene rings is 1. The molecule has 1 fully saturated rings. The number of ether oxygens (including phenoxy) is 1. The zero-order chi connectivity index (χ0) is 21.2. The van der Waals surface area contributed by atoms with Gasteiger partial charge in [-0.2, -0.15) is 10.4 Å². The van der Waals surface area contributed by atoms with Crippen LogP contribution in [0.15, 0.2) is 48.8 Å². The summed E-state index contributed by atoms with van der Waals surface area (Å²) in [5, 5.41) is 13.7. The summed E-state index contributed by atoms with van der Waals surface area (Å²) in [7, 11) is 0. The normalized spacial score (nSPS) is 19.9. The molecule has 0 N–H and O–H groups in total. The molecule has 6 heteroatoms. The zero-order valence-corrected chi connectivity index (χ0v) is 17.4. The lowest BCUT2D eigenvalue weighted by atomic mass is 9.86. The minimum Gasteiger partial charge on any atom is -0.379 e. The van der Waals surface area contributed by atoms with Gasteiger partial charge in [-0.05, 0) is 42.5 Å². The highest BCUT2D eigenvalue weighted by Gasteiger charge is 2.20. The average molecular weight is 417 g/mol. The number of morpholine rings is 1. The van der Waals surface area contributed by atoms with Crippen LogP contribution in [0, 0.1) is 23.1 Å². The Bertz CT molecular complexity index is 1170. The summed E-state index contributed by atoms with van der Waals surface area (Å²) in [6.45, 7) is 3.68. The number of aromatic nitrogens is 2. The molecule has 1 aliphatic heterocycles. The number of hydrogen-bond donors (Lipinski definition) is 0. The molecule has 5 rings (SSSR count). The second-order valence-electron chi connectivity index (χ2n) is 8.30. The average Bonchev–Trinajstić information content (AvgIpc) is 3.26. The van der Waals surface area contributed by atoms with Gasteiger partial charge in [-0.3, -0.25) is 4.90 Å². The Morgan fingerprint density at radius 3 is 2.81 bits per heavy atom. The first-order valence-corrected chi connectivity index (χ1v) is 10.9. The molecule has 2 aliphatic rings. The maximum atomic E-state index is 15.0. The second kappa shape index (κ2) is 8.62. The van der Waals surface area contributed by atoms with Crippen LogP contribution in [0.4, 0.5) is 4.39 Å². The van der Waals surface area contributed by atoms with Crippen LogP contribution in [0.3, 0.4) is 0 Å². The lowest BCUT2D eigenvalue weighted by Crippen LogP contribution is -2.35. The van der Waals surface area contributed by atoms with Gasteiger partial charge in [0.15, 0.2) is 0 Å². The van der Waals surface area contributed by atoms with E-state index < -0.39 is 0 Å². The first-order chi connectivity index (χ1) is 15.2. The highest BCUT2D eigenvalue weighted by atomic mass is 19.1.